The molecule has 0 spiro atoms. The number of rotatable bonds is 2. The predicted octanol–water partition coefficient (Wildman–Crippen LogP) is 3.32. The Balaban J connectivity index is 3.20. The number of benzene rings is 1. The highest BCUT2D eigenvalue weighted by Gasteiger charge is 2.26. The van der Waals surface area contributed by atoms with Crippen LogP contribution >= 0.6 is 15.9 Å². The Morgan fingerprint density at radius 2 is 2.00 bits per heavy atom. The van der Waals surface area contributed by atoms with Gasteiger partial charge >= 0.3 is 5.97 Å². The SMILES string of the molecule is COC(=O)c1ccc(Br)c(C(O)C(C)(C)C)c1. The fourth-order valence-electron chi connectivity index (χ4n) is 1.46. The first-order chi connectivity index (χ1) is 7.77. The van der Waals surface area contributed by atoms with Gasteiger partial charge in [-0.2, -0.15) is 0 Å². The topological polar surface area (TPSA) is 46.5 Å². The summed E-state index contributed by atoms with van der Waals surface area (Å²) in [7, 11) is 1.34. The van der Waals surface area contributed by atoms with E-state index in [1.54, 1.807) is 18.2 Å². The van der Waals surface area contributed by atoms with Crippen molar-refractivity contribution in [3.05, 3.63) is 33.8 Å². The summed E-state index contributed by atoms with van der Waals surface area (Å²) in [5.41, 5.74) is 0.839. The van der Waals surface area contributed by atoms with Crippen molar-refractivity contribution in [2.45, 2.75) is 26.9 Å². The Morgan fingerprint density at radius 3 is 2.47 bits per heavy atom. The molecule has 0 fully saturated rings. The fraction of sp³-hybridized carbons (Fsp3) is 0.462. The molecular formula is C13H17BrO3. The number of aliphatic hydroxyl groups excluding tert-OH is 1. The minimum Gasteiger partial charge on any atom is -0.465 e. The molecule has 0 radical (unpaired) electrons. The Hall–Kier alpha value is -0.870. The van der Waals surface area contributed by atoms with Crippen LogP contribution in [0.5, 0.6) is 0 Å². The van der Waals surface area contributed by atoms with Crippen LogP contribution in [0.3, 0.4) is 0 Å². The smallest absolute Gasteiger partial charge is 0.337 e. The number of esters is 1. The van der Waals surface area contributed by atoms with Gasteiger partial charge in [-0.25, -0.2) is 4.79 Å². The summed E-state index contributed by atoms with van der Waals surface area (Å²) in [6.45, 7) is 5.82. The lowest BCUT2D eigenvalue weighted by Crippen LogP contribution is -2.18. The molecule has 1 atom stereocenters. The average Bonchev–Trinajstić information content (AvgIpc) is 2.26. The number of methoxy groups -OCH3 is 1. The van der Waals surface area contributed by atoms with Crippen LogP contribution in [-0.2, 0) is 4.74 Å². The fourth-order valence-corrected chi connectivity index (χ4v) is 1.93. The van der Waals surface area contributed by atoms with Gasteiger partial charge in [0.25, 0.3) is 0 Å². The zero-order valence-corrected chi connectivity index (χ0v) is 12.0. The van der Waals surface area contributed by atoms with Gasteiger partial charge in [0, 0.05) is 4.47 Å². The van der Waals surface area contributed by atoms with Crippen LogP contribution in [0.15, 0.2) is 22.7 Å². The lowest BCUT2D eigenvalue weighted by Gasteiger charge is -2.27. The van der Waals surface area contributed by atoms with Gasteiger partial charge < -0.3 is 9.84 Å². The van der Waals surface area contributed by atoms with Gasteiger partial charge in [-0.15, -0.1) is 0 Å². The van der Waals surface area contributed by atoms with E-state index in [0.29, 0.717) is 11.1 Å². The van der Waals surface area contributed by atoms with E-state index in [0.717, 1.165) is 4.47 Å². The molecular weight excluding hydrogens is 284 g/mol. The summed E-state index contributed by atoms with van der Waals surface area (Å²) >= 11 is 3.38. The second kappa shape index (κ2) is 5.19. The Bertz CT molecular complexity index is 421. The summed E-state index contributed by atoms with van der Waals surface area (Å²) in [5.74, 6) is -0.403. The molecule has 1 unspecified atom stereocenters. The van der Waals surface area contributed by atoms with Gasteiger partial charge in [0.2, 0.25) is 0 Å². The van der Waals surface area contributed by atoms with E-state index in [4.69, 9.17) is 0 Å². The molecule has 0 amide bonds. The van der Waals surface area contributed by atoms with E-state index in [-0.39, 0.29) is 5.41 Å². The molecule has 17 heavy (non-hydrogen) atoms. The van der Waals surface area contributed by atoms with E-state index in [1.807, 2.05) is 20.8 Å². The van der Waals surface area contributed by atoms with Crippen molar-refractivity contribution >= 4 is 21.9 Å². The summed E-state index contributed by atoms with van der Waals surface area (Å²) in [5, 5.41) is 10.2. The number of carbonyl (C=O) groups excluding carboxylic acids is 1. The third kappa shape index (κ3) is 3.30. The van der Waals surface area contributed by atoms with Gasteiger partial charge in [-0.3, -0.25) is 0 Å². The van der Waals surface area contributed by atoms with Gasteiger partial charge in [-0.05, 0) is 29.2 Å². The zero-order chi connectivity index (χ0) is 13.2. The highest BCUT2D eigenvalue weighted by atomic mass is 79.9. The van der Waals surface area contributed by atoms with Crippen LogP contribution in [0.1, 0.15) is 42.8 Å². The number of aliphatic hydroxyl groups is 1. The highest BCUT2D eigenvalue weighted by molar-refractivity contribution is 9.10. The van der Waals surface area contributed by atoms with Crippen LogP contribution in [-0.4, -0.2) is 18.2 Å². The third-order valence-corrected chi connectivity index (χ3v) is 3.25. The third-order valence-electron chi connectivity index (χ3n) is 2.53. The molecule has 3 nitrogen and oxygen atoms in total. The molecule has 1 aromatic carbocycles. The molecule has 1 N–H and O–H groups in total. The summed E-state index contributed by atoms with van der Waals surface area (Å²) in [6, 6.07) is 5.07. The largest absolute Gasteiger partial charge is 0.465 e. The molecule has 1 rings (SSSR count). The van der Waals surface area contributed by atoms with Crippen molar-refractivity contribution in [2.24, 2.45) is 5.41 Å². The molecule has 0 aliphatic heterocycles. The summed E-state index contributed by atoms with van der Waals surface area (Å²) in [6.07, 6.45) is -0.651. The number of carbonyl (C=O) groups is 1. The number of halogens is 1. The average molecular weight is 301 g/mol. The standard InChI is InChI=1S/C13H17BrO3/c1-13(2,3)11(15)9-7-8(12(16)17-4)5-6-10(9)14/h5-7,11,15H,1-4H3. The van der Waals surface area contributed by atoms with E-state index in [1.165, 1.54) is 7.11 Å². The van der Waals surface area contributed by atoms with Crippen molar-refractivity contribution in [3.8, 4) is 0 Å². The molecule has 4 heteroatoms. The quantitative estimate of drug-likeness (QED) is 0.852. The summed E-state index contributed by atoms with van der Waals surface area (Å²) < 4.78 is 5.45. The molecule has 94 valence electrons. The first-order valence-corrected chi connectivity index (χ1v) is 6.12. The lowest BCUT2D eigenvalue weighted by atomic mass is 9.84. The zero-order valence-electron chi connectivity index (χ0n) is 10.5. The maximum Gasteiger partial charge on any atom is 0.337 e. The van der Waals surface area contributed by atoms with Gasteiger partial charge in [0.05, 0.1) is 18.8 Å². The van der Waals surface area contributed by atoms with Crippen molar-refractivity contribution in [2.75, 3.05) is 7.11 Å². The van der Waals surface area contributed by atoms with Crippen LogP contribution < -0.4 is 0 Å². The second-order valence-corrected chi connectivity index (χ2v) is 5.85. The number of hydrogen-bond donors (Lipinski definition) is 1. The minimum absolute atomic E-state index is 0.294. The van der Waals surface area contributed by atoms with Gasteiger partial charge in [0.15, 0.2) is 0 Å². The molecule has 0 saturated carbocycles. The lowest BCUT2D eigenvalue weighted by molar-refractivity contribution is 0.0585. The first kappa shape index (κ1) is 14.2. The molecule has 0 bridgehead atoms. The molecule has 0 aliphatic rings. The molecule has 0 saturated heterocycles. The van der Waals surface area contributed by atoms with Crippen LogP contribution in [0, 0.1) is 5.41 Å². The highest BCUT2D eigenvalue weighted by Crippen LogP contribution is 2.36. The Kier molecular flexibility index (Phi) is 4.33. The minimum atomic E-state index is -0.651. The maximum atomic E-state index is 11.4. The normalized spacial score (nSPS) is 13.3. The van der Waals surface area contributed by atoms with Crippen molar-refractivity contribution in [3.63, 3.8) is 0 Å². The van der Waals surface area contributed by atoms with Crippen molar-refractivity contribution in [1.82, 2.24) is 0 Å². The molecule has 0 aromatic heterocycles. The van der Waals surface area contributed by atoms with Crippen LogP contribution in [0.4, 0.5) is 0 Å². The number of hydrogen-bond acceptors (Lipinski definition) is 3. The maximum absolute atomic E-state index is 11.4. The summed E-state index contributed by atoms with van der Waals surface area (Å²) in [4.78, 5) is 11.4. The van der Waals surface area contributed by atoms with E-state index >= 15 is 0 Å². The first-order valence-electron chi connectivity index (χ1n) is 5.33. The van der Waals surface area contributed by atoms with Crippen molar-refractivity contribution < 1.29 is 14.6 Å². The second-order valence-electron chi connectivity index (χ2n) is 5.00. The van der Waals surface area contributed by atoms with E-state index in [9.17, 15) is 9.90 Å². The molecule has 0 heterocycles. The molecule has 1 aromatic rings. The predicted molar refractivity (Wildman–Crippen MR) is 69.9 cm³/mol. The van der Waals surface area contributed by atoms with Gasteiger partial charge in [-0.1, -0.05) is 36.7 Å². The van der Waals surface area contributed by atoms with Crippen molar-refractivity contribution in [1.29, 1.82) is 0 Å². The van der Waals surface area contributed by atoms with Gasteiger partial charge in [0.1, 0.15) is 0 Å². The van der Waals surface area contributed by atoms with E-state index < -0.39 is 12.1 Å². The monoisotopic (exact) mass is 300 g/mol. The Morgan fingerprint density at radius 1 is 1.41 bits per heavy atom. The van der Waals surface area contributed by atoms with Crippen LogP contribution in [0.2, 0.25) is 0 Å². The Labute approximate surface area is 110 Å². The number of ether oxygens (including phenoxy) is 1. The van der Waals surface area contributed by atoms with Crippen LogP contribution in [0.25, 0.3) is 0 Å². The molecule has 0 aliphatic carbocycles. The van der Waals surface area contributed by atoms with E-state index in [2.05, 4.69) is 20.7 Å².